The summed E-state index contributed by atoms with van der Waals surface area (Å²) in [6.07, 6.45) is 1.86. The first kappa shape index (κ1) is 18.6. The molecule has 0 saturated carbocycles. The van der Waals surface area contributed by atoms with Gasteiger partial charge in [0.1, 0.15) is 5.00 Å². The van der Waals surface area contributed by atoms with Crippen molar-refractivity contribution in [2.75, 3.05) is 25.0 Å². The predicted octanol–water partition coefficient (Wildman–Crippen LogP) is 3.24. The molecule has 0 bridgehead atoms. The van der Waals surface area contributed by atoms with Crippen molar-refractivity contribution < 1.29 is 18.8 Å². The van der Waals surface area contributed by atoms with E-state index in [0.29, 0.717) is 22.9 Å². The van der Waals surface area contributed by atoms with Crippen LogP contribution in [0.1, 0.15) is 57.3 Å². The second kappa shape index (κ2) is 8.01. The Morgan fingerprint density at radius 3 is 2.88 bits per heavy atom. The van der Waals surface area contributed by atoms with Gasteiger partial charge in [-0.1, -0.05) is 12.1 Å². The summed E-state index contributed by atoms with van der Waals surface area (Å²) in [5.41, 5.74) is 2.10. The zero-order chi connectivity index (χ0) is 18.7. The van der Waals surface area contributed by atoms with Crippen LogP contribution in [0.3, 0.4) is 0 Å². The molecule has 26 heavy (non-hydrogen) atoms. The minimum atomic E-state index is -0.417. The van der Waals surface area contributed by atoms with Crippen LogP contribution < -0.4 is 5.32 Å². The number of amides is 1. The van der Waals surface area contributed by atoms with E-state index in [-0.39, 0.29) is 5.76 Å². The van der Waals surface area contributed by atoms with Crippen LogP contribution in [0.5, 0.6) is 0 Å². The van der Waals surface area contributed by atoms with Crippen molar-refractivity contribution in [2.45, 2.75) is 40.2 Å². The Balaban J connectivity index is 1.90. The molecule has 0 atom stereocenters. The first-order chi connectivity index (χ1) is 12.5. The molecule has 0 aliphatic carbocycles. The molecular formula is C18H23N3O4S. The third-order valence-corrected chi connectivity index (χ3v) is 5.37. The Bertz CT molecular complexity index is 811. The van der Waals surface area contributed by atoms with Gasteiger partial charge < -0.3 is 14.6 Å². The Morgan fingerprint density at radius 2 is 2.23 bits per heavy atom. The summed E-state index contributed by atoms with van der Waals surface area (Å²) in [6.45, 7) is 8.67. The molecule has 1 N–H and O–H groups in total. The lowest BCUT2D eigenvalue weighted by atomic mass is 10.0. The number of hydrogen-bond donors (Lipinski definition) is 1. The maximum absolute atomic E-state index is 12.5. The molecule has 2 aromatic rings. The van der Waals surface area contributed by atoms with Crippen LogP contribution >= 0.6 is 11.3 Å². The van der Waals surface area contributed by atoms with Crippen molar-refractivity contribution in [1.82, 2.24) is 10.1 Å². The lowest BCUT2D eigenvalue weighted by molar-refractivity contribution is 0.0526. The summed E-state index contributed by atoms with van der Waals surface area (Å²) >= 11 is 1.44. The number of fused-ring (bicyclic) bond motifs is 1. The SMILES string of the molecule is CCCN1CCc2c(sc(NC(=O)c3cc(C)no3)c2C(=O)OCC)C1. The van der Waals surface area contributed by atoms with Gasteiger partial charge in [0, 0.05) is 24.0 Å². The average Bonchev–Trinajstić information content (AvgIpc) is 3.18. The molecule has 0 fully saturated rings. The molecule has 3 rings (SSSR count). The number of esters is 1. The van der Waals surface area contributed by atoms with Crippen molar-refractivity contribution in [3.05, 3.63) is 33.5 Å². The number of aromatic nitrogens is 1. The van der Waals surface area contributed by atoms with E-state index in [4.69, 9.17) is 9.26 Å². The molecule has 1 aliphatic heterocycles. The first-order valence-corrected chi connectivity index (χ1v) is 9.63. The van der Waals surface area contributed by atoms with E-state index < -0.39 is 11.9 Å². The summed E-state index contributed by atoms with van der Waals surface area (Å²) < 4.78 is 10.2. The van der Waals surface area contributed by atoms with Gasteiger partial charge in [-0.05, 0) is 38.8 Å². The second-order valence-corrected chi connectivity index (χ2v) is 7.35. The van der Waals surface area contributed by atoms with E-state index in [1.165, 1.54) is 11.3 Å². The number of thiophene rings is 1. The highest BCUT2D eigenvalue weighted by Gasteiger charge is 2.29. The predicted molar refractivity (Wildman–Crippen MR) is 98.7 cm³/mol. The van der Waals surface area contributed by atoms with Gasteiger partial charge >= 0.3 is 5.97 Å². The van der Waals surface area contributed by atoms with Gasteiger partial charge in [-0.3, -0.25) is 9.69 Å². The largest absolute Gasteiger partial charge is 0.462 e. The topological polar surface area (TPSA) is 84.7 Å². The highest BCUT2D eigenvalue weighted by atomic mass is 32.1. The fourth-order valence-electron chi connectivity index (χ4n) is 3.11. The van der Waals surface area contributed by atoms with Crippen molar-refractivity contribution in [3.8, 4) is 0 Å². The van der Waals surface area contributed by atoms with E-state index in [2.05, 4.69) is 22.3 Å². The second-order valence-electron chi connectivity index (χ2n) is 6.24. The van der Waals surface area contributed by atoms with Crippen molar-refractivity contribution in [3.63, 3.8) is 0 Å². The monoisotopic (exact) mass is 377 g/mol. The van der Waals surface area contributed by atoms with Gasteiger partial charge in [-0.15, -0.1) is 11.3 Å². The van der Waals surface area contributed by atoms with Crippen LogP contribution in [0.4, 0.5) is 5.00 Å². The normalized spacial score (nSPS) is 14.1. The van der Waals surface area contributed by atoms with Crippen molar-refractivity contribution >= 4 is 28.2 Å². The number of nitrogens with zero attached hydrogens (tertiary/aromatic N) is 2. The van der Waals surface area contributed by atoms with Crippen LogP contribution in [-0.2, 0) is 17.7 Å². The van der Waals surface area contributed by atoms with E-state index in [0.717, 1.165) is 42.9 Å². The van der Waals surface area contributed by atoms with Crippen molar-refractivity contribution in [2.24, 2.45) is 0 Å². The first-order valence-electron chi connectivity index (χ1n) is 8.82. The van der Waals surface area contributed by atoms with Crippen LogP contribution in [0.2, 0.25) is 0 Å². The molecule has 3 heterocycles. The zero-order valence-electron chi connectivity index (χ0n) is 15.3. The van der Waals surface area contributed by atoms with Crippen LogP contribution in [0.25, 0.3) is 0 Å². The summed E-state index contributed by atoms with van der Waals surface area (Å²) in [7, 11) is 0. The van der Waals surface area contributed by atoms with E-state index in [1.54, 1.807) is 19.9 Å². The number of anilines is 1. The smallest absolute Gasteiger partial charge is 0.341 e. The molecule has 0 radical (unpaired) electrons. The minimum absolute atomic E-state index is 0.122. The van der Waals surface area contributed by atoms with Gasteiger partial charge in [0.25, 0.3) is 5.91 Å². The van der Waals surface area contributed by atoms with Gasteiger partial charge in [0.05, 0.1) is 17.9 Å². The summed E-state index contributed by atoms with van der Waals surface area (Å²) in [5, 5.41) is 7.06. The third kappa shape index (κ3) is 3.81. The highest BCUT2D eigenvalue weighted by molar-refractivity contribution is 7.17. The molecular weight excluding hydrogens is 354 g/mol. The number of hydrogen-bond acceptors (Lipinski definition) is 7. The number of nitrogens with one attached hydrogen (secondary N) is 1. The quantitative estimate of drug-likeness (QED) is 0.778. The van der Waals surface area contributed by atoms with Gasteiger partial charge in [0.2, 0.25) is 5.76 Å². The number of ether oxygens (including phenoxy) is 1. The third-order valence-electron chi connectivity index (χ3n) is 4.23. The Labute approximate surface area is 156 Å². The van der Waals surface area contributed by atoms with E-state index >= 15 is 0 Å². The van der Waals surface area contributed by atoms with E-state index in [9.17, 15) is 9.59 Å². The molecule has 8 heteroatoms. The van der Waals surface area contributed by atoms with E-state index in [1.807, 2.05) is 0 Å². The summed E-state index contributed by atoms with van der Waals surface area (Å²) in [4.78, 5) is 28.4. The highest BCUT2D eigenvalue weighted by Crippen LogP contribution is 2.38. The summed E-state index contributed by atoms with van der Waals surface area (Å²) in [6, 6.07) is 1.57. The zero-order valence-corrected chi connectivity index (χ0v) is 16.1. The fraction of sp³-hybridized carbons (Fsp3) is 0.500. The molecule has 2 aromatic heterocycles. The molecule has 0 spiro atoms. The van der Waals surface area contributed by atoms with Gasteiger partial charge in [0.15, 0.2) is 0 Å². The van der Waals surface area contributed by atoms with Crippen LogP contribution in [0, 0.1) is 6.92 Å². The maximum atomic E-state index is 12.5. The number of rotatable bonds is 6. The standard InChI is InChI=1S/C18H23N3O4S/c1-4-7-21-8-6-12-14(10-21)26-17(15(12)18(23)24-5-2)19-16(22)13-9-11(3)20-25-13/h9H,4-8,10H2,1-3H3,(H,19,22). The van der Waals surface area contributed by atoms with Crippen LogP contribution in [-0.4, -0.2) is 41.6 Å². The molecule has 1 amide bonds. The lowest BCUT2D eigenvalue weighted by Gasteiger charge is -2.26. The molecule has 7 nitrogen and oxygen atoms in total. The maximum Gasteiger partial charge on any atom is 0.341 e. The lowest BCUT2D eigenvalue weighted by Crippen LogP contribution is -2.30. The molecule has 1 aliphatic rings. The van der Waals surface area contributed by atoms with Gasteiger partial charge in [-0.2, -0.15) is 0 Å². The molecule has 0 unspecified atom stereocenters. The average molecular weight is 377 g/mol. The number of aryl methyl sites for hydroxylation is 1. The number of carbonyl (C=O) groups excluding carboxylic acids is 2. The summed E-state index contributed by atoms with van der Waals surface area (Å²) in [5.74, 6) is -0.686. The fourth-order valence-corrected chi connectivity index (χ4v) is 4.38. The molecule has 140 valence electrons. The molecule has 0 aromatic carbocycles. The Kier molecular flexibility index (Phi) is 5.73. The number of carbonyl (C=O) groups is 2. The molecule has 0 saturated heterocycles. The Morgan fingerprint density at radius 1 is 1.42 bits per heavy atom. The minimum Gasteiger partial charge on any atom is -0.462 e. The van der Waals surface area contributed by atoms with Crippen LogP contribution in [0.15, 0.2) is 10.6 Å². The Hall–Kier alpha value is -2.19. The van der Waals surface area contributed by atoms with Gasteiger partial charge in [-0.25, -0.2) is 4.79 Å². The van der Waals surface area contributed by atoms with Crippen molar-refractivity contribution in [1.29, 1.82) is 0 Å².